The summed E-state index contributed by atoms with van der Waals surface area (Å²) in [6.07, 6.45) is -3.74. The predicted octanol–water partition coefficient (Wildman–Crippen LogP) is 1.49. The Balaban J connectivity index is 2.66. The number of hydrogen-bond donors (Lipinski definition) is 0. The summed E-state index contributed by atoms with van der Waals surface area (Å²) in [5.41, 5.74) is 0. The molecule has 0 bridgehead atoms. The lowest BCUT2D eigenvalue weighted by atomic mass is 10.2. The van der Waals surface area contributed by atoms with Crippen molar-refractivity contribution in [2.45, 2.75) is 38.4 Å². The maximum absolute atomic E-state index is 12.2. The third kappa shape index (κ3) is 3.34. The second-order valence-corrected chi connectivity index (χ2v) is 3.82. The van der Waals surface area contributed by atoms with E-state index in [0.717, 1.165) is 0 Å². The molecule has 0 aromatic heterocycles. The van der Waals surface area contributed by atoms with E-state index < -0.39 is 24.1 Å². The summed E-state index contributed by atoms with van der Waals surface area (Å²) in [7, 11) is 0. The zero-order valence-corrected chi connectivity index (χ0v) is 9.42. The minimum absolute atomic E-state index is 0.0514. The Hall–Kier alpha value is -1.27. The molecule has 0 aromatic carbocycles. The summed E-state index contributed by atoms with van der Waals surface area (Å²) >= 11 is 0. The van der Waals surface area contributed by atoms with Crippen molar-refractivity contribution in [1.29, 1.82) is 0 Å². The molecule has 0 aliphatic carbocycles. The molecule has 1 heterocycles. The molecule has 4 nitrogen and oxygen atoms in total. The van der Waals surface area contributed by atoms with Crippen molar-refractivity contribution in [2.24, 2.45) is 0 Å². The van der Waals surface area contributed by atoms with Crippen LogP contribution in [0.5, 0.6) is 0 Å². The minimum atomic E-state index is -4.94. The van der Waals surface area contributed by atoms with Gasteiger partial charge in [-0.3, -0.25) is 4.79 Å². The maximum atomic E-state index is 12.2. The number of esters is 1. The highest BCUT2D eigenvalue weighted by Gasteiger charge is 2.48. The monoisotopic (exact) mass is 253 g/mol. The lowest BCUT2D eigenvalue weighted by Gasteiger charge is -2.23. The molecule has 98 valence electrons. The number of carbonyl (C=O) groups is 2. The molecule has 0 radical (unpaired) electrons. The van der Waals surface area contributed by atoms with Gasteiger partial charge in [-0.25, -0.2) is 4.79 Å². The van der Waals surface area contributed by atoms with Gasteiger partial charge in [0.1, 0.15) is 6.04 Å². The molecule has 1 fully saturated rings. The first-order chi connectivity index (χ1) is 7.88. The second-order valence-electron chi connectivity index (χ2n) is 3.82. The molecule has 1 rings (SSSR count). The SMILES string of the molecule is CCCOC(=O)[C@H]1CCCN1C(=O)C(F)(F)F. The number of halogens is 3. The summed E-state index contributed by atoms with van der Waals surface area (Å²) in [6.45, 7) is 1.88. The summed E-state index contributed by atoms with van der Waals surface area (Å²) in [6, 6.07) is -1.09. The third-order valence-electron chi connectivity index (χ3n) is 2.48. The average molecular weight is 253 g/mol. The Morgan fingerprint density at radius 1 is 1.41 bits per heavy atom. The molecule has 7 heteroatoms. The molecular weight excluding hydrogens is 239 g/mol. The minimum Gasteiger partial charge on any atom is -0.464 e. The zero-order valence-electron chi connectivity index (χ0n) is 9.42. The van der Waals surface area contributed by atoms with E-state index in [1.807, 2.05) is 0 Å². The van der Waals surface area contributed by atoms with E-state index >= 15 is 0 Å². The van der Waals surface area contributed by atoms with Gasteiger partial charge in [-0.2, -0.15) is 13.2 Å². The van der Waals surface area contributed by atoms with Crippen LogP contribution in [0.3, 0.4) is 0 Å². The van der Waals surface area contributed by atoms with Crippen LogP contribution in [0.2, 0.25) is 0 Å². The van der Waals surface area contributed by atoms with Crippen molar-refractivity contribution >= 4 is 11.9 Å². The van der Waals surface area contributed by atoms with Crippen LogP contribution >= 0.6 is 0 Å². The largest absolute Gasteiger partial charge is 0.471 e. The predicted molar refractivity (Wildman–Crippen MR) is 52.0 cm³/mol. The van der Waals surface area contributed by atoms with Gasteiger partial charge in [0.15, 0.2) is 0 Å². The summed E-state index contributed by atoms with van der Waals surface area (Å²) in [5.74, 6) is -2.71. The van der Waals surface area contributed by atoms with Gasteiger partial charge < -0.3 is 9.64 Å². The van der Waals surface area contributed by atoms with E-state index in [0.29, 0.717) is 17.7 Å². The van der Waals surface area contributed by atoms with Crippen LogP contribution in [-0.2, 0) is 14.3 Å². The van der Waals surface area contributed by atoms with Gasteiger partial charge in [-0.1, -0.05) is 6.92 Å². The van der Waals surface area contributed by atoms with E-state index in [4.69, 9.17) is 4.74 Å². The number of amides is 1. The second kappa shape index (κ2) is 5.37. The fourth-order valence-corrected chi connectivity index (χ4v) is 1.72. The summed E-state index contributed by atoms with van der Waals surface area (Å²) in [5, 5.41) is 0. The highest BCUT2D eigenvalue weighted by atomic mass is 19.4. The quantitative estimate of drug-likeness (QED) is 0.716. The van der Waals surface area contributed by atoms with E-state index in [-0.39, 0.29) is 19.6 Å². The normalized spacial score (nSPS) is 20.5. The first-order valence-electron chi connectivity index (χ1n) is 5.42. The molecule has 0 unspecified atom stereocenters. The Labute approximate surface area is 96.7 Å². The van der Waals surface area contributed by atoms with Crippen molar-refractivity contribution in [2.75, 3.05) is 13.2 Å². The number of ether oxygens (including phenoxy) is 1. The smallest absolute Gasteiger partial charge is 0.464 e. The first kappa shape index (κ1) is 13.8. The highest BCUT2D eigenvalue weighted by molar-refractivity contribution is 5.88. The van der Waals surface area contributed by atoms with Crippen LogP contribution in [0.15, 0.2) is 0 Å². The first-order valence-corrected chi connectivity index (χ1v) is 5.42. The van der Waals surface area contributed by atoms with Crippen molar-refractivity contribution < 1.29 is 27.5 Å². The van der Waals surface area contributed by atoms with Crippen LogP contribution in [-0.4, -0.2) is 42.1 Å². The number of carbonyl (C=O) groups excluding carboxylic acids is 2. The fourth-order valence-electron chi connectivity index (χ4n) is 1.72. The van der Waals surface area contributed by atoms with Gasteiger partial charge in [0.25, 0.3) is 0 Å². The lowest BCUT2D eigenvalue weighted by molar-refractivity contribution is -0.188. The summed E-state index contributed by atoms with van der Waals surface area (Å²) < 4.78 is 41.5. The van der Waals surface area contributed by atoms with E-state index in [1.54, 1.807) is 6.92 Å². The van der Waals surface area contributed by atoms with Crippen molar-refractivity contribution in [1.82, 2.24) is 4.90 Å². The lowest BCUT2D eigenvalue weighted by Crippen LogP contribution is -2.47. The zero-order chi connectivity index (χ0) is 13.1. The van der Waals surface area contributed by atoms with E-state index in [9.17, 15) is 22.8 Å². The molecule has 17 heavy (non-hydrogen) atoms. The molecule has 0 saturated carbocycles. The molecule has 1 atom stereocenters. The van der Waals surface area contributed by atoms with Crippen LogP contribution in [0.4, 0.5) is 13.2 Å². The molecular formula is C10H14F3NO3. The molecule has 1 amide bonds. The molecule has 0 spiro atoms. The molecule has 1 aliphatic rings. The van der Waals surface area contributed by atoms with Gasteiger partial charge >= 0.3 is 18.1 Å². The maximum Gasteiger partial charge on any atom is 0.471 e. The number of rotatable bonds is 3. The highest BCUT2D eigenvalue weighted by Crippen LogP contribution is 2.26. The van der Waals surface area contributed by atoms with Gasteiger partial charge in [-0.15, -0.1) is 0 Å². The molecule has 0 N–H and O–H groups in total. The van der Waals surface area contributed by atoms with Crippen molar-refractivity contribution in [3.8, 4) is 0 Å². The number of alkyl halides is 3. The standard InChI is InChI=1S/C10H14F3NO3/c1-2-6-17-8(15)7-4-3-5-14(7)9(16)10(11,12)13/h7H,2-6H2,1H3/t7-/m1/s1. The average Bonchev–Trinajstić information content (AvgIpc) is 2.72. The fraction of sp³-hybridized carbons (Fsp3) is 0.800. The molecule has 1 saturated heterocycles. The summed E-state index contributed by atoms with van der Waals surface area (Å²) in [4.78, 5) is 23.1. The number of likely N-dealkylation sites (tertiary alicyclic amines) is 1. The Morgan fingerprint density at radius 2 is 2.06 bits per heavy atom. The van der Waals surface area contributed by atoms with Crippen LogP contribution in [0.25, 0.3) is 0 Å². The third-order valence-corrected chi connectivity index (χ3v) is 2.48. The van der Waals surface area contributed by atoms with Gasteiger partial charge in [-0.05, 0) is 19.3 Å². The number of hydrogen-bond acceptors (Lipinski definition) is 3. The Bertz CT molecular complexity index is 304. The van der Waals surface area contributed by atoms with Gasteiger partial charge in [0, 0.05) is 6.54 Å². The Kier molecular flexibility index (Phi) is 4.36. The number of nitrogens with zero attached hydrogens (tertiary/aromatic N) is 1. The Morgan fingerprint density at radius 3 is 2.59 bits per heavy atom. The molecule has 1 aliphatic heterocycles. The van der Waals surface area contributed by atoms with Crippen molar-refractivity contribution in [3.63, 3.8) is 0 Å². The van der Waals surface area contributed by atoms with Gasteiger partial charge in [0.05, 0.1) is 6.61 Å². The van der Waals surface area contributed by atoms with E-state index in [2.05, 4.69) is 0 Å². The van der Waals surface area contributed by atoms with Crippen molar-refractivity contribution in [3.05, 3.63) is 0 Å². The topological polar surface area (TPSA) is 46.6 Å². The van der Waals surface area contributed by atoms with Crippen LogP contribution in [0, 0.1) is 0 Å². The van der Waals surface area contributed by atoms with E-state index in [1.165, 1.54) is 0 Å². The molecule has 0 aromatic rings. The van der Waals surface area contributed by atoms with Gasteiger partial charge in [0.2, 0.25) is 0 Å². The van der Waals surface area contributed by atoms with Crippen LogP contribution in [0.1, 0.15) is 26.2 Å². The van der Waals surface area contributed by atoms with Crippen LogP contribution < -0.4 is 0 Å².